The third-order valence-corrected chi connectivity index (χ3v) is 3.80. The summed E-state index contributed by atoms with van der Waals surface area (Å²) < 4.78 is 2.02. The quantitative estimate of drug-likeness (QED) is 0.870. The van der Waals surface area contributed by atoms with Crippen LogP contribution in [-0.4, -0.2) is 21.7 Å². The lowest BCUT2D eigenvalue weighted by Gasteiger charge is -2.17. The zero-order chi connectivity index (χ0) is 15.4. The molecule has 0 saturated carbocycles. The van der Waals surface area contributed by atoms with E-state index in [0.717, 1.165) is 23.5 Å². The number of aromatic nitrogens is 2. The predicted molar refractivity (Wildman–Crippen MR) is 82.7 cm³/mol. The van der Waals surface area contributed by atoms with Crippen molar-refractivity contribution in [3.63, 3.8) is 0 Å². The summed E-state index contributed by atoms with van der Waals surface area (Å²) in [6, 6.07) is 0.203. The highest BCUT2D eigenvalue weighted by Crippen LogP contribution is 2.15. The lowest BCUT2D eigenvalue weighted by atomic mass is 10.1. The average molecular weight is 279 g/mol. The SMILES string of the molecule is Cc1nn(CC(C)C)c(C)c1CC(=O)NC(C)C(C)C. The average Bonchev–Trinajstić information content (AvgIpc) is 2.56. The van der Waals surface area contributed by atoms with Crippen molar-refractivity contribution in [3.8, 4) is 0 Å². The Morgan fingerprint density at radius 1 is 1.20 bits per heavy atom. The highest BCUT2D eigenvalue weighted by Gasteiger charge is 2.17. The molecule has 0 radical (unpaired) electrons. The van der Waals surface area contributed by atoms with Crippen LogP contribution in [0.5, 0.6) is 0 Å². The number of rotatable bonds is 6. The first-order valence-corrected chi connectivity index (χ1v) is 7.54. The Kier molecular flexibility index (Phi) is 5.78. The summed E-state index contributed by atoms with van der Waals surface area (Å²) in [7, 11) is 0. The maximum Gasteiger partial charge on any atom is 0.224 e. The fraction of sp³-hybridized carbons (Fsp3) is 0.750. The van der Waals surface area contributed by atoms with E-state index in [0.29, 0.717) is 18.3 Å². The van der Waals surface area contributed by atoms with Gasteiger partial charge < -0.3 is 5.32 Å². The van der Waals surface area contributed by atoms with E-state index >= 15 is 0 Å². The summed E-state index contributed by atoms with van der Waals surface area (Å²) in [6.45, 7) is 15.6. The predicted octanol–water partition coefficient (Wildman–Crippen LogP) is 2.86. The number of nitrogens with zero attached hydrogens (tertiary/aromatic N) is 2. The van der Waals surface area contributed by atoms with Gasteiger partial charge in [0.2, 0.25) is 5.91 Å². The summed E-state index contributed by atoms with van der Waals surface area (Å²) in [4.78, 5) is 12.1. The second kappa shape index (κ2) is 6.91. The number of carbonyl (C=O) groups is 1. The van der Waals surface area contributed by atoms with E-state index in [1.54, 1.807) is 0 Å². The van der Waals surface area contributed by atoms with E-state index in [-0.39, 0.29) is 11.9 Å². The molecular weight excluding hydrogens is 250 g/mol. The maximum atomic E-state index is 12.1. The number of hydrogen-bond acceptors (Lipinski definition) is 2. The van der Waals surface area contributed by atoms with Gasteiger partial charge in [-0.15, -0.1) is 0 Å². The summed E-state index contributed by atoms with van der Waals surface area (Å²) >= 11 is 0. The van der Waals surface area contributed by atoms with Crippen LogP contribution in [0.1, 0.15) is 51.6 Å². The van der Waals surface area contributed by atoms with E-state index in [1.165, 1.54) is 0 Å². The van der Waals surface area contributed by atoms with E-state index in [4.69, 9.17) is 0 Å². The number of amides is 1. The van der Waals surface area contributed by atoms with Gasteiger partial charge in [0.25, 0.3) is 0 Å². The van der Waals surface area contributed by atoms with E-state index < -0.39 is 0 Å². The molecule has 20 heavy (non-hydrogen) atoms. The molecule has 0 aliphatic carbocycles. The van der Waals surface area contributed by atoms with Gasteiger partial charge >= 0.3 is 0 Å². The molecule has 1 amide bonds. The molecule has 0 spiro atoms. The van der Waals surface area contributed by atoms with Gasteiger partial charge in [0, 0.05) is 23.8 Å². The first-order chi connectivity index (χ1) is 9.22. The van der Waals surface area contributed by atoms with Crippen molar-refractivity contribution in [2.75, 3.05) is 0 Å². The molecule has 114 valence electrons. The van der Waals surface area contributed by atoms with Crippen molar-refractivity contribution < 1.29 is 4.79 Å². The molecule has 1 aromatic heterocycles. The third-order valence-electron chi connectivity index (χ3n) is 3.80. The summed E-state index contributed by atoms with van der Waals surface area (Å²) in [5.41, 5.74) is 3.15. The van der Waals surface area contributed by atoms with Crippen LogP contribution in [-0.2, 0) is 17.8 Å². The first-order valence-electron chi connectivity index (χ1n) is 7.54. The van der Waals surface area contributed by atoms with Crippen molar-refractivity contribution in [3.05, 3.63) is 17.0 Å². The summed E-state index contributed by atoms with van der Waals surface area (Å²) in [5.74, 6) is 1.09. The Morgan fingerprint density at radius 3 is 2.30 bits per heavy atom. The Labute approximate surface area is 122 Å². The number of nitrogens with one attached hydrogen (secondary N) is 1. The topological polar surface area (TPSA) is 46.9 Å². The molecule has 0 aliphatic rings. The van der Waals surface area contributed by atoms with Gasteiger partial charge in [-0.05, 0) is 32.6 Å². The van der Waals surface area contributed by atoms with Gasteiger partial charge in [-0.25, -0.2) is 0 Å². The van der Waals surface area contributed by atoms with Crippen molar-refractivity contribution in [1.82, 2.24) is 15.1 Å². The highest BCUT2D eigenvalue weighted by atomic mass is 16.1. The molecule has 4 nitrogen and oxygen atoms in total. The second-order valence-corrected chi connectivity index (χ2v) is 6.50. The van der Waals surface area contributed by atoms with E-state index in [2.05, 4.69) is 45.0 Å². The Morgan fingerprint density at radius 2 is 1.80 bits per heavy atom. The Bertz CT molecular complexity index is 461. The van der Waals surface area contributed by atoms with Crippen LogP contribution in [0, 0.1) is 25.7 Å². The minimum Gasteiger partial charge on any atom is -0.353 e. The summed E-state index contributed by atoms with van der Waals surface area (Å²) in [5, 5.41) is 7.61. The number of carbonyl (C=O) groups excluding carboxylic acids is 1. The fourth-order valence-electron chi connectivity index (χ4n) is 2.15. The zero-order valence-corrected chi connectivity index (χ0v) is 13.9. The van der Waals surface area contributed by atoms with E-state index in [1.807, 2.05) is 18.5 Å². The van der Waals surface area contributed by atoms with Crippen LogP contribution in [0.3, 0.4) is 0 Å². The minimum atomic E-state index is 0.0847. The molecule has 1 unspecified atom stereocenters. The molecule has 0 saturated heterocycles. The van der Waals surface area contributed by atoms with Crippen LogP contribution in [0.25, 0.3) is 0 Å². The zero-order valence-electron chi connectivity index (χ0n) is 13.9. The van der Waals surface area contributed by atoms with Gasteiger partial charge in [-0.1, -0.05) is 27.7 Å². The van der Waals surface area contributed by atoms with Crippen LogP contribution >= 0.6 is 0 Å². The molecule has 0 aliphatic heterocycles. The molecule has 0 bridgehead atoms. The van der Waals surface area contributed by atoms with Gasteiger partial charge in [0.05, 0.1) is 12.1 Å². The standard InChI is InChI=1S/C16H29N3O/c1-10(2)9-19-14(7)15(13(6)18-19)8-16(20)17-12(5)11(3)4/h10-12H,8-9H2,1-7H3,(H,17,20). The minimum absolute atomic E-state index is 0.0847. The van der Waals surface area contributed by atoms with Crippen molar-refractivity contribution in [1.29, 1.82) is 0 Å². The van der Waals surface area contributed by atoms with Crippen LogP contribution in [0.2, 0.25) is 0 Å². The molecule has 1 rings (SSSR count). The van der Waals surface area contributed by atoms with Crippen LogP contribution < -0.4 is 5.32 Å². The Balaban J connectivity index is 2.77. The third kappa shape index (κ3) is 4.36. The smallest absolute Gasteiger partial charge is 0.224 e. The van der Waals surface area contributed by atoms with Crippen molar-refractivity contribution >= 4 is 5.91 Å². The Hall–Kier alpha value is -1.32. The molecule has 4 heteroatoms. The highest BCUT2D eigenvalue weighted by molar-refractivity contribution is 5.79. The lowest BCUT2D eigenvalue weighted by Crippen LogP contribution is -2.37. The first kappa shape index (κ1) is 16.7. The summed E-state index contributed by atoms with van der Waals surface area (Å²) in [6.07, 6.45) is 0.423. The normalized spacial score (nSPS) is 13.1. The monoisotopic (exact) mass is 279 g/mol. The molecule has 0 aromatic carbocycles. The fourth-order valence-corrected chi connectivity index (χ4v) is 2.15. The molecule has 1 atom stereocenters. The van der Waals surface area contributed by atoms with Crippen molar-refractivity contribution in [2.24, 2.45) is 11.8 Å². The van der Waals surface area contributed by atoms with Gasteiger partial charge in [-0.2, -0.15) is 5.10 Å². The van der Waals surface area contributed by atoms with Crippen LogP contribution in [0.4, 0.5) is 0 Å². The number of hydrogen-bond donors (Lipinski definition) is 1. The lowest BCUT2D eigenvalue weighted by molar-refractivity contribution is -0.121. The molecular formula is C16H29N3O. The number of aryl methyl sites for hydroxylation is 1. The van der Waals surface area contributed by atoms with Gasteiger partial charge in [0.15, 0.2) is 0 Å². The van der Waals surface area contributed by atoms with Gasteiger partial charge in [0.1, 0.15) is 0 Å². The van der Waals surface area contributed by atoms with E-state index in [9.17, 15) is 4.79 Å². The molecule has 1 aromatic rings. The van der Waals surface area contributed by atoms with Crippen molar-refractivity contribution in [2.45, 2.75) is 67.5 Å². The molecule has 0 fully saturated rings. The second-order valence-electron chi connectivity index (χ2n) is 6.50. The van der Waals surface area contributed by atoms with Crippen LogP contribution in [0.15, 0.2) is 0 Å². The maximum absolute atomic E-state index is 12.1. The molecule has 1 N–H and O–H groups in total. The largest absolute Gasteiger partial charge is 0.353 e. The molecule has 1 heterocycles. The van der Waals surface area contributed by atoms with Gasteiger partial charge in [-0.3, -0.25) is 9.48 Å².